The van der Waals surface area contributed by atoms with E-state index in [2.05, 4.69) is 15.0 Å². The first-order valence-corrected chi connectivity index (χ1v) is 15.1. The van der Waals surface area contributed by atoms with Crippen molar-refractivity contribution in [1.82, 2.24) is 24.1 Å². The zero-order valence-corrected chi connectivity index (χ0v) is 25.8. The van der Waals surface area contributed by atoms with Gasteiger partial charge >= 0.3 is 0 Å². The van der Waals surface area contributed by atoms with Gasteiger partial charge in [-0.1, -0.05) is 133 Å². The Hall–Kier alpha value is -7.36. The van der Waals surface area contributed by atoms with Crippen molar-refractivity contribution in [3.8, 4) is 51.6 Å². The molecular weight excluding hydrogens is 637 g/mol. The first kappa shape index (κ1) is 13.4. The van der Waals surface area contributed by atoms with Crippen LogP contribution < -0.4 is 0 Å². The Morgan fingerprint density at radius 3 is 1.21 bits per heavy atom. The number of rotatable bonds is 5. The highest BCUT2D eigenvalue weighted by Crippen LogP contribution is 2.40. The van der Waals surface area contributed by atoms with Crippen molar-refractivity contribution >= 4 is 43.6 Å². The lowest BCUT2D eigenvalue weighted by Crippen LogP contribution is -2.07. The summed E-state index contributed by atoms with van der Waals surface area (Å²) in [6, 6.07) is -18.4. The van der Waals surface area contributed by atoms with Gasteiger partial charge < -0.3 is 9.13 Å². The SMILES string of the molecule is [2H]c1c([2H])c([2H])c(-c2nc(-c3cc(C#N)c(-n4c5c([2H])c([2H])c([2H])c([2H])c5c5c([2H])c([2H])c([2H])c([2H])c54)cc3-n3c4c([2H])c([2H])c([2H])c([2H])c4c4c([2H])c([2H])c([2H])c([2H])c43)nc(-c3c([2H])c([2H])c([2H])c([2H])c3[2H])n2)c([2H])c1[2H]. The molecule has 10 rings (SSSR count). The Labute approximate surface area is 335 Å². The first-order chi connectivity index (χ1) is 36.5. The number of nitriles is 1. The molecule has 0 atom stereocenters. The Morgan fingerprint density at radius 2 is 0.788 bits per heavy atom. The molecule has 3 heterocycles. The number of nitrogens with zero attached hydrogens (tertiary/aromatic N) is 6. The van der Waals surface area contributed by atoms with E-state index in [4.69, 9.17) is 30.2 Å². The molecule has 6 heteroatoms. The molecular formula is C46H28N6. The van der Waals surface area contributed by atoms with Gasteiger partial charge in [0.15, 0.2) is 17.5 Å². The molecule has 242 valence electrons. The predicted molar refractivity (Wildman–Crippen MR) is 210 cm³/mol. The largest absolute Gasteiger partial charge is 0.308 e. The fourth-order valence-corrected chi connectivity index (χ4v) is 5.98. The lowest BCUT2D eigenvalue weighted by molar-refractivity contribution is 1.06. The van der Waals surface area contributed by atoms with Crippen molar-refractivity contribution < 1.29 is 35.6 Å². The van der Waals surface area contributed by atoms with Crippen LogP contribution in [0.3, 0.4) is 0 Å². The van der Waals surface area contributed by atoms with Crippen molar-refractivity contribution in [1.29, 1.82) is 5.26 Å². The van der Waals surface area contributed by atoms with Crippen molar-refractivity contribution in [3.63, 3.8) is 0 Å². The standard InChI is InChI=1S/C46H28N6/c47-29-32-27-37(46-49-44(30-15-3-1-4-16-30)48-45(50-46)31-17-5-2-6-18-31)43(52-40-25-13-9-21-35(40)36-22-10-14-26-41(36)52)28-42(32)51-38-23-11-7-19-33(38)34-20-8-12-24-39(34)51/h1-28H/i1D,2D,3D,4D,5D,6D,7D,8D,9D,10D,11D,12D,13D,14D,15D,16D,17D,18D,19D,20D,21D,22D,23D,24D,25D,26D. The van der Waals surface area contributed by atoms with Gasteiger partial charge in [0.2, 0.25) is 0 Å². The molecule has 0 fully saturated rings. The van der Waals surface area contributed by atoms with E-state index >= 15 is 0 Å². The van der Waals surface area contributed by atoms with Crippen molar-refractivity contribution in [2.45, 2.75) is 0 Å². The molecule has 0 aliphatic heterocycles. The second-order valence-corrected chi connectivity index (χ2v) is 10.9. The van der Waals surface area contributed by atoms with Gasteiger partial charge in [0.1, 0.15) is 6.07 Å². The second-order valence-electron chi connectivity index (χ2n) is 10.9. The monoisotopic (exact) mass is 690 g/mol. The summed E-state index contributed by atoms with van der Waals surface area (Å²) >= 11 is 0. The van der Waals surface area contributed by atoms with E-state index in [0.717, 1.165) is 21.3 Å². The average molecular weight is 691 g/mol. The molecule has 0 bridgehead atoms. The number of hydrogen-bond donors (Lipinski definition) is 0. The molecule has 6 nitrogen and oxygen atoms in total. The van der Waals surface area contributed by atoms with Crippen LogP contribution in [-0.4, -0.2) is 24.1 Å². The summed E-state index contributed by atoms with van der Waals surface area (Å²) in [4.78, 5) is 13.3. The van der Waals surface area contributed by atoms with Crippen LogP contribution in [0.15, 0.2) is 169 Å². The minimum Gasteiger partial charge on any atom is -0.308 e. The van der Waals surface area contributed by atoms with E-state index in [1.54, 1.807) is 0 Å². The average Bonchev–Trinajstić information content (AvgIpc) is 3.90. The molecule has 0 aliphatic rings. The summed E-state index contributed by atoms with van der Waals surface area (Å²) in [6.45, 7) is 0. The van der Waals surface area contributed by atoms with E-state index in [0.29, 0.717) is 0 Å². The third-order valence-electron chi connectivity index (χ3n) is 8.11. The fraction of sp³-hybridized carbons (Fsp3) is 0. The molecule has 0 aliphatic carbocycles. The third-order valence-corrected chi connectivity index (χ3v) is 8.11. The Morgan fingerprint density at radius 1 is 0.423 bits per heavy atom. The van der Waals surface area contributed by atoms with Crippen LogP contribution in [0.1, 0.15) is 41.2 Å². The quantitative estimate of drug-likeness (QED) is 0.180. The minimum absolute atomic E-state index is 0.443. The normalized spacial score (nSPS) is 18.4. The molecule has 0 saturated heterocycles. The summed E-state index contributed by atoms with van der Waals surface area (Å²) in [5, 5.41) is 9.41. The lowest BCUT2D eigenvalue weighted by atomic mass is 10.0. The van der Waals surface area contributed by atoms with Crippen LogP contribution in [0.25, 0.3) is 89.2 Å². The summed E-state index contributed by atoms with van der Waals surface area (Å²) in [6.07, 6.45) is 0. The van der Waals surface area contributed by atoms with Gasteiger partial charge in [-0.15, -0.1) is 0 Å². The molecule has 52 heavy (non-hydrogen) atoms. The van der Waals surface area contributed by atoms with Crippen LogP contribution in [0, 0.1) is 11.3 Å². The summed E-state index contributed by atoms with van der Waals surface area (Å²) in [7, 11) is 0. The van der Waals surface area contributed by atoms with Crippen LogP contribution in [0.5, 0.6) is 0 Å². The van der Waals surface area contributed by atoms with Crippen LogP contribution >= 0.6 is 0 Å². The molecule has 0 N–H and O–H groups in total. The maximum Gasteiger partial charge on any atom is 0.166 e. The molecule has 0 amide bonds. The maximum atomic E-state index is 11.3. The van der Waals surface area contributed by atoms with E-state index in [1.807, 2.05) is 6.07 Å². The fourth-order valence-electron chi connectivity index (χ4n) is 5.98. The number of para-hydroxylation sites is 4. The van der Waals surface area contributed by atoms with Crippen LogP contribution in [0.4, 0.5) is 0 Å². The molecule has 0 spiro atoms. The first-order valence-electron chi connectivity index (χ1n) is 28.1. The van der Waals surface area contributed by atoms with Gasteiger partial charge in [0, 0.05) is 38.2 Å². The number of hydrogen-bond acceptors (Lipinski definition) is 4. The van der Waals surface area contributed by atoms with Crippen molar-refractivity contribution in [2.75, 3.05) is 0 Å². The second kappa shape index (κ2) is 11.9. The van der Waals surface area contributed by atoms with Gasteiger partial charge in [0.05, 0.1) is 74.6 Å². The van der Waals surface area contributed by atoms with Gasteiger partial charge in [0.25, 0.3) is 0 Å². The maximum absolute atomic E-state index is 11.3. The molecule has 7 aromatic carbocycles. The number of aromatic nitrogens is 5. The number of fused-ring (bicyclic) bond motifs is 6. The molecule has 0 unspecified atom stereocenters. The third kappa shape index (κ3) is 4.61. The lowest BCUT2D eigenvalue weighted by Gasteiger charge is -2.18. The molecule has 3 aromatic heterocycles. The summed E-state index contributed by atoms with van der Waals surface area (Å²) in [5.74, 6) is -2.39. The Bertz CT molecular complexity index is 4240. The zero-order valence-electron chi connectivity index (χ0n) is 51.8. The summed E-state index contributed by atoms with van der Waals surface area (Å²) in [5.41, 5.74) is -5.82. The molecule has 0 radical (unpaired) electrons. The van der Waals surface area contributed by atoms with Gasteiger partial charge in [-0.25, -0.2) is 15.0 Å². The summed E-state index contributed by atoms with van der Waals surface area (Å²) < 4.78 is 231. The van der Waals surface area contributed by atoms with E-state index < -0.39 is 252 Å². The number of benzene rings is 7. The molecule has 10 aromatic rings. The molecule has 0 saturated carbocycles. The van der Waals surface area contributed by atoms with E-state index in [-0.39, 0.29) is 0 Å². The highest BCUT2D eigenvalue weighted by molar-refractivity contribution is 6.11. The van der Waals surface area contributed by atoms with Crippen molar-refractivity contribution in [3.05, 3.63) is 175 Å². The zero-order chi connectivity index (χ0) is 57.2. The van der Waals surface area contributed by atoms with Gasteiger partial charge in [-0.05, 0) is 36.3 Å². The highest BCUT2D eigenvalue weighted by Gasteiger charge is 2.23. The smallest absolute Gasteiger partial charge is 0.166 e. The van der Waals surface area contributed by atoms with Crippen molar-refractivity contribution in [2.24, 2.45) is 0 Å². The Kier molecular flexibility index (Phi) is 3.07. The van der Waals surface area contributed by atoms with Crippen LogP contribution in [-0.2, 0) is 0 Å². The Balaban J connectivity index is 1.53. The van der Waals surface area contributed by atoms with Crippen LogP contribution in [0.2, 0.25) is 0 Å². The van der Waals surface area contributed by atoms with E-state index in [1.165, 1.54) is 0 Å². The van der Waals surface area contributed by atoms with Gasteiger partial charge in [-0.2, -0.15) is 5.26 Å². The van der Waals surface area contributed by atoms with E-state index in [9.17, 15) is 10.7 Å². The topological polar surface area (TPSA) is 72.3 Å². The van der Waals surface area contributed by atoms with Gasteiger partial charge in [-0.3, -0.25) is 0 Å². The highest BCUT2D eigenvalue weighted by atomic mass is 15.1. The minimum atomic E-state index is -0.909. The predicted octanol–water partition coefficient (Wildman–Crippen LogP) is 10.9.